The summed E-state index contributed by atoms with van der Waals surface area (Å²) in [5, 5.41) is 0. The molecule has 0 amide bonds. The summed E-state index contributed by atoms with van der Waals surface area (Å²) in [5.74, 6) is 2.70. The average Bonchev–Trinajstić information content (AvgIpc) is 3.24. The zero-order chi connectivity index (χ0) is 15.8. The van der Waals surface area contributed by atoms with Crippen molar-refractivity contribution in [1.82, 2.24) is 0 Å². The van der Waals surface area contributed by atoms with Crippen LogP contribution < -0.4 is 0 Å². The van der Waals surface area contributed by atoms with E-state index in [1.54, 1.807) is 0 Å². The number of allylic oxidation sites excluding steroid dienone is 2. The van der Waals surface area contributed by atoms with Gasteiger partial charge in [0.15, 0.2) is 0 Å². The highest BCUT2D eigenvalue weighted by Crippen LogP contribution is 2.73. The van der Waals surface area contributed by atoms with E-state index in [1.807, 2.05) is 0 Å². The smallest absolute Gasteiger partial charge is 0.264 e. The van der Waals surface area contributed by atoms with Gasteiger partial charge in [0, 0.05) is 5.41 Å². The Kier molecular flexibility index (Phi) is 2.77. The fourth-order valence-corrected chi connectivity index (χ4v) is 7.37. The molecule has 4 aliphatic carbocycles. The molecule has 0 radical (unpaired) electrons. The second-order valence-electron chi connectivity index (χ2n) is 7.89. The zero-order valence-corrected chi connectivity index (χ0v) is 14.1. The van der Waals surface area contributed by atoms with Crippen LogP contribution in [0.2, 0.25) is 0 Å². The van der Waals surface area contributed by atoms with Crippen molar-refractivity contribution in [2.45, 2.75) is 30.8 Å². The monoisotopic (exact) mass is 330 g/mol. The van der Waals surface area contributed by atoms with E-state index in [0.717, 1.165) is 12.8 Å². The minimum atomic E-state index is -3.37. The number of fused-ring (bicyclic) bond motifs is 9. The lowest BCUT2D eigenvalue weighted by molar-refractivity contribution is 0.0510. The third-order valence-electron chi connectivity index (χ3n) is 7.00. The van der Waals surface area contributed by atoms with Crippen molar-refractivity contribution in [2.24, 2.45) is 29.6 Å². The molecule has 4 bridgehead atoms. The van der Waals surface area contributed by atoms with E-state index in [4.69, 9.17) is 4.18 Å². The van der Waals surface area contributed by atoms with Crippen LogP contribution in [0, 0.1) is 29.6 Å². The molecule has 7 atom stereocenters. The highest BCUT2D eigenvalue weighted by molar-refractivity contribution is 7.86. The molecule has 3 fully saturated rings. The second kappa shape index (κ2) is 4.48. The van der Waals surface area contributed by atoms with Gasteiger partial charge in [0.05, 0.1) is 12.4 Å². The number of rotatable bonds is 3. The number of hydrogen-bond acceptors (Lipinski definition) is 3. The molecule has 0 aliphatic heterocycles. The summed E-state index contributed by atoms with van der Waals surface area (Å²) in [6.45, 7) is 0. The van der Waals surface area contributed by atoms with Gasteiger partial charge in [-0.1, -0.05) is 42.5 Å². The van der Waals surface area contributed by atoms with Crippen LogP contribution in [0.15, 0.2) is 42.5 Å². The molecule has 0 saturated heterocycles. The highest BCUT2D eigenvalue weighted by Gasteiger charge is 2.70. The topological polar surface area (TPSA) is 43.4 Å². The van der Waals surface area contributed by atoms with E-state index in [-0.39, 0.29) is 11.5 Å². The Morgan fingerprint density at radius 3 is 2.61 bits per heavy atom. The SMILES string of the molecule is CS(=O)(=O)OC1CC2CC1C1C3C=CC(C3)C21c1ccccc1. The molecule has 1 aromatic carbocycles. The van der Waals surface area contributed by atoms with Gasteiger partial charge < -0.3 is 0 Å². The number of hydrogen-bond donors (Lipinski definition) is 0. The Hall–Kier alpha value is -1.13. The molecule has 0 heterocycles. The molecule has 4 aliphatic rings. The molecule has 0 aromatic heterocycles. The van der Waals surface area contributed by atoms with Gasteiger partial charge in [-0.3, -0.25) is 4.18 Å². The first-order valence-corrected chi connectivity index (χ1v) is 10.4. The average molecular weight is 330 g/mol. The first kappa shape index (κ1) is 14.2. The zero-order valence-electron chi connectivity index (χ0n) is 13.3. The van der Waals surface area contributed by atoms with Crippen LogP contribution in [0.25, 0.3) is 0 Å². The van der Waals surface area contributed by atoms with Crippen molar-refractivity contribution in [3.8, 4) is 0 Å². The van der Waals surface area contributed by atoms with Crippen molar-refractivity contribution >= 4 is 10.1 Å². The van der Waals surface area contributed by atoms with Crippen LogP contribution in [0.3, 0.4) is 0 Å². The predicted octanol–water partition coefficient (Wildman–Crippen LogP) is 3.13. The summed E-state index contributed by atoms with van der Waals surface area (Å²) in [6.07, 6.45) is 9.14. The van der Waals surface area contributed by atoms with Crippen molar-refractivity contribution in [1.29, 1.82) is 0 Å². The molecule has 4 heteroatoms. The maximum atomic E-state index is 11.6. The van der Waals surface area contributed by atoms with Crippen molar-refractivity contribution < 1.29 is 12.6 Å². The number of benzene rings is 1. The Labute approximate surface area is 137 Å². The minimum Gasteiger partial charge on any atom is -0.267 e. The molecule has 3 saturated carbocycles. The maximum Gasteiger partial charge on any atom is 0.264 e. The van der Waals surface area contributed by atoms with E-state index < -0.39 is 10.1 Å². The summed E-state index contributed by atoms with van der Waals surface area (Å²) in [4.78, 5) is 0. The summed E-state index contributed by atoms with van der Waals surface area (Å²) >= 11 is 0. The molecule has 122 valence electrons. The van der Waals surface area contributed by atoms with Gasteiger partial charge in [-0.25, -0.2) is 0 Å². The lowest BCUT2D eigenvalue weighted by atomic mass is 9.57. The van der Waals surface area contributed by atoms with Crippen LogP contribution in [-0.4, -0.2) is 20.8 Å². The van der Waals surface area contributed by atoms with Gasteiger partial charge in [0.25, 0.3) is 10.1 Å². The molecule has 1 aromatic rings. The Balaban J connectivity index is 1.59. The van der Waals surface area contributed by atoms with Gasteiger partial charge in [-0.2, -0.15) is 8.42 Å². The molecular weight excluding hydrogens is 308 g/mol. The fraction of sp³-hybridized carbons (Fsp3) is 0.579. The van der Waals surface area contributed by atoms with Crippen LogP contribution in [-0.2, 0) is 19.7 Å². The van der Waals surface area contributed by atoms with E-state index in [2.05, 4.69) is 42.5 Å². The van der Waals surface area contributed by atoms with E-state index in [0.29, 0.717) is 29.6 Å². The first-order valence-electron chi connectivity index (χ1n) is 8.62. The summed E-state index contributed by atoms with van der Waals surface area (Å²) in [7, 11) is -3.37. The molecule has 5 rings (SSSR count). The van der Waals surface area contributed by atoms with Crippen LogP contribution in [0.4, 0.5) is 0 Å². The molecule has 0 N–H and O–H groups in total. The molecule has 3 nitrogen and oxygen atoms in total. The van der Waals surface area contributed by atoms with Gasteiger partial charge in [0.2, 0.25) is 0 Å². The predicted molar refractivity (Wildman–Crippen MR) is 88.3 cm³/mol. The second-order valence-corrected chi connectivity index (χ2v) is 9.49. The van der Waals surface area contributed by atoms with Gasteiger partial charge in [0.1, 0.15) is 0 Å². The molecule has 23 heavy (non-hydrogen) atoms. The fourth-order valence-electron chi connectivity index (χ4n) is 6.70. The van der Waals surface area contributed by atoms with Crippen LogP contribution >= 0.6 is 0 Å². The van der Waals surface area contributed by atoms with Crippen molar-refractivity contribution in [3.05, 3.63) is 48.0 Å². The Morgan fingerprint density at radius 1 is 1.09 bits per heavy atom. The molecule has 0 spiro atoms. The van der Waals surface area contributed by atoms with Crippen molar-refractivity contribution in [2.75, 3.05) is 6.26 Å². The van der Waals surface area contributed by atoms with E-state index in [1.165, 1.54) is 18.2 Å². The maximum absolute atomic E-state index is 11.6. The van der Waals surface area contributed by atoms with Crippen molar-refractivity contribution in [3.63, 3.8) is 0 Å². The molecular formula is C19H22O3S. The van der Waals surface area contributed by atoms with Gasteiger partial charge in [-0.05, 0) is 54.4 Å². The lowest BCUT2D eigenvalue weighted by Gasteiger charge is -2.47. The standard InChI is InChI=1S/C19H22O3S/c1-23(20,21)22-17-11-15-10-16(17)18-12-7-8-14(9-12)19(15,18)13-5-3-2-4-6-13/h2-8,12,14-18H,9-11H2,1H3. The van der Waals surface area contributed by atoms with E-state index in [9.17, 15) is 8.42 Å². The quantitative estimate of drug-likeness (QED) is 0.486. The highest BCUT2D eigenvalue weighted by atomic mass is 32.2. The normalized spacial score (nSPS) is 46.5. The molecule has 7 unspecified atom stereocenters. The minimum absolute atomic E-state index is 0.107. The Bertz CT molecular complexity index is 769. The van der Waals surface area contributed by atoms with Crippen LogP contribution in [0.5, 0.6) is 0 Å². The third-order valence-corrected chi connectivity index (χ3v) is 7.60. The van der Waals surface area contributed by atoms with Gasteiger partial charge >= 0.3 is 0 Å². The van der Waals surface area contributed by atoms with Gasteiger partial charge in [-0.15, -0.1) is 0 Å². The Morgan fingerprint density at radius 2 is 1.87 bits per heavy atom. The largest absolute Gasteiger partial charge is 0.267 e. The summed E-state index contributed by atoms with van der Waals surface area (Å²) in [5.41, 5.74) is 1.69. The van der Waals surface area contributed by atoms with E-state index >= 15 is 0 Å². The summed E-state index contributed by atoms with van der Waals surface area (Å²) in [6, 6.07) is 10.9. The third kappa shape index (κ3) is 1.77. The first-order chi connectivity index (χ1) is 11.0. The van der Waals surface area contributed by atoms with Crippen LogP contribution in [0.1, 0.15) is 24.8 Å². The summed E-state index contributed by atoms with van der Waals surface area (Å²) < 4.78 is 28.7. The lowest BCUT2D eigenvalue weighted by Crippen LogP contribution is -2.48.